The maximum Gasteiger partial charge on any atom is 0.413 e. The highest BCUT2D eigenvalue weighted by Gasteiger charge is 2.29. The summed E-state index contributed by atoms with van der Waals surface area (Å²) >= 11 is 0. The molecule has 0 unspecified atom stereocenters. The van der Waals surface area contributed by atoms with Crippen LogP contribution in [0.25, 0.3) is 0 Å². The van der Waals surface area contributed by atoms with Crippen LogP contribution in [0.5, 0.6) is 0 Å². The number of nitrogens with one attached hydrogen (secondary N) is 1. The van der Waals surface area contributed by atoms with Gasteiger partial charge in [0, 0.05) is 13.1 Å². The molecular weight excluding hydrogens is 237 g/mol. The lowest BCUT2D eigenvalue weighted by molar-refractivity contribution is -0.181. The molecule has 0 saturated heterocycles. The maximum absolute atomic E-state index is 11.6. The molecule has 0 fully saturated rings. The molecule has 92 valence electrons. The number of hydrogen-bond acceptors (Lipinski definition) is 3. The van der Waals surface area contributed by atoms with E-state index >= 15 is 0 Å². The highest BCUT2D eigenvalue weighted by molar-refractivity contribution is 7.87. The SMILES string of the molecule is CCN(CC)S(=O)(=O)NOCC(F)(F)F. The van der Waals surface area contributed by atoms with Gasteiger partial charge in [0.25, 0.3) is 0 Å². The van der Waals surface area contributed by atoms with Gasteiger partial charge in [0.1, 0.15) is 0 Å². The highest BCUT2D eigenvalue weighted by Crippen LogP contribution is 2.13. The monoisotopic (exact) mass is 250 g/mol. The predicted molar refractivity (Wildman–Crippen MR) is 47.0 cm³/mol. The van der Waals surface area contributed by atoms with Crippen molar-refractivity contribution in [1.82, 2.24) is 9.19 Å². The first-order chi connectivity index (χ1) is 6.73. The minimum Gasteiger partial charge on any atom is -0.276 e. The normalized spacial score (nSPS) is 13.5. The van der Waals surface area contributed by atoms with Gasteiger partial charge in [-0.05, 0) is 0 Å². The van der Waals surface area contributed by atoms with Crippen molar-refractivity contribution >= 4 is 10.2 Å². The standard InChI is InChI=1S/C6H13F3N2O3S/c1-3-11(4-2)15(12,13)10-14-5-6(7,8)9/h10H,3-5H2,1-2H3. The van der Waals surface area contributed by atoms with Crippen molar-refractivity contribution in [3.63, 3.8) is 0 Å². The number of alkyl halides is 3. The molecule has 0 aliphatic carbocycles. The lowest BCUT2D eigenvalue weighted by Crippen LogP contribution is -2.41. The predicted octanol–water partition coefficient (Wildman–Crippen LogP) is 0.656. The number of hydrogen-bond donors (Lipinski definition) is 1. The Balaban J connectivity index is 4.16. The van der Waals surface area contributed by atoms with E-state index in [0.717, 1.165) is 4.31 Å². The first-order valence-corrected chi connectivity index (χ1v) is 5.62. The Labute approximate surface area is 86.3 Å². The van der Waals surface area contributed by atoms with Crippen LogP contribution in [0.2, 0.25) is 0 Å². The Morgan fingerprint density at radius 2 is 1.73 bits per heavy atom. The van der Waals surface area contributed by atoms with Crippen LogP contribution in [0.4, 0.5) is 13.2 Å². The molecule has 15 heavy (non-hydrogen) atoms. The quantitative estimate of drug-likeness (QED) is 0.704. The highest BCUT2D eigenvalue weighted by atomic mass is 32.2. The van der Waals surface area contributed by atoms with E-state index in [4.69, 9.17) is 0 Å². The van der Waals surface area contributed by atoms with Gasteiger partial charge in [-0.15, -0.1) is 0 Å². The minimum absolute atomic E-state index is 0.154. The summed E-state index contributed by atoms with van der Waals surface area (Å²) in [5, 5.41) is 0. The van der Waals surface area contributed by atoms with E-state index in [2.05, 4.69) is 4.84 Å². The third-order valence-corrected chi connectivity index (χ3v) is 2.97. The van der Waals surface area contributed by atoms with Gasteiger partial charge in [0.2, 0.25) is 0 Å². The number of nitrogens with zero attached hydrogens (tertiary/aromatic N) is 1. The molecule has 0 amide bonds. The summed E-state index contributed by atoms with van der Waals surface area (Å²) in [6.45, 7) is 1.77. The maximum atomic E-state index is 11.6. The second-order valence-electron chi connectivity index (χ2n) is 2.58. The van der Waals surface area contributed by atoms with Crippen LogP contribution in [-0.4, -0.2) is 38.6 Å². The summed E-state index contributed by atoms with van der Waals surface area (Å²) in [5.41, 5.74) is 0. The molecule has 0 aliphatic rings. The number of halogens is 3. The van der Waals surface area contributed by atoms with Crippen molar-refractivity contribution in [2.75, 3.05) is 19.7 Å². The average Bonchev–Trinajstić information content (AvgIpc) is 2.02. The van der Waals surface area contributed by atoms with Gasteiger partial charge in [0.15, 0.2) is 6.61 Å². The molecule has 1 N–H and O–H groups in total. The first kappa shape index (κ1) is 14.6. The summed E-state index contributed by atoms with van der Waals surface area (Å²) in [5.74, 6) is 0. The molecule has 0 aromatic heterocycles. The lowest BCUT2D eigenvalue weighted by atomic mass is 10.7. The summed E-state index contributed by atoms with van der Waals surface area (Å²) < 4.78 is 58.2. The van der Waals surface area contributed by atoms with Crippen LogP contribution in [0.1, 0.15) is 13.8 Å². The third-order valence-electron chi connectivity index (χ3n) is 1.45. The van der Waals surface area contributed by atoms with Gasteiger partial charge in [-0.3, -0.25) is 4.84 Å². The van der Waals surface area contributed by atoms with Gasteiger partial charge < -0.3 is 0 Å². The lowest BCUT2D eigenvalue weighted by Gasteiger charge is -2.18. The minimum atomic E-state index is -4.56. The molecule has 0 rings (SSSR count). The first-order valence-electron chi connectivity index (χ1n) is 4.18. The van der Waals surface area contributed by atoms with Crippen molar-refractivity contribution in [2.45, 2.75) is 20.0 Å². The largest absolute Gasteiger partial charge is 0.413 e. The van der Waals surface area contributed by atoms with Crippen molar-refractivity contribution in [1.29, 1.82) is 0 Å². The van der Waals surface area contributed by atoms with E-state index in [1.54, 1.807) is 13.8 Å². The summed E-state index contributed by atoms with van der Waals surface area (Å²) in [4.78, 5) is 5.24. The molecule has 5 nitrogen and oxygen atoms in total. The van der Waals surface area contributed by atoms with E-state index in [1.165, 1.54) is 4.89 Å². The fourth-order valence-electron chi connectivity index (χ4n) is 0.802. The smallest absolute Gasteiger partial charge is 0.276 e. The Bertz CT molecular complexity index is 274. The molecule has 0 spiro atoms. The zero-order valence-electron chi connectivity index (χ0n) is 8.34. The summed E-state index contributed by atoms with van der Waals surface area (Å²) in [6.07, 6.45) is -4.56. The van der Waals surface area contributed by atoms with Crippen LogP contribution >= 0.6 is 0 Å². The zero-order chi connectivity index (χ0) is 12.1. The van der Waals surface area contributed by atoms with Crippen LogP contribution in [-0.2, 0) is 15.0 Å². The van der Waals surface area contributed by atoms with E-state index in [9.17, 15) is 21.6 Å². The van der Waals surface area contributed by atoms with Crippen molar-refractivity contribution in [3.05, 3.63) is 0 Å². The molecule has 0 atom stereocenters. The summed E-state index contributed by atoms with van der Waals surface area (Å²) in [6, 6.07) is 0. The zero-order valence-corrected chi connectivity index (χ0v) is 9.15. The Morgan fingerprint density at radius 1 is 1.27 bits per heavy atom. The van der Waals surface area contributed by atoms with Gasteiger partial charge in [0.05, 0.1) is 0 Å². The van der Waals surface area contributed by atoms with Crippen LogP contribution in [0.15, 0.2) is 0 Å². The molecule has 0 bridgehead atoms. The molecule has 0 heterocycles. The van der Waals surface area contributed by atoms with Crippen LogP contribution < -0.4 is 4.89 Å². The molecule has 0 radical (unpaired) electrons. The Morgan fingerprint density at radius 3 is 2.07 bits per heavy atom. The van der Waals surface area contributed by atoms with Crippen LogP contribution in [0.3, 0.4) is 0 Å². The molecule has 0 aromatic rings. The van der Waals surface area contributed by atoms with Crippen molar-refractivity contribution in [2.24, 2.45) is 0 Å². The molecule has 9 heteroatoms. The fourth-order valence-corrected chi connectivity index (χ4v) is 1.80. The third kappa shape index (κ3) is 5.92. The summed E-state index contributed by atoms with van der Waals surface area (Å²) in [7, 11) is -3.98. The number of rotatable bonds is 6. The molecule has 0 saturated carbocycles. The Kier molecular flexibility index (Phi) is 5.49. The average molecular weight is 250 g/mol. The topological polar surface area (TPSA) is 58.6 Å². The molecule has 0 aromatic carbocycles. The second kappa shape index (κ2) is 5.64. The van der Waals surface area contributed by atoms with Crippen molar-refractivity contribution < 1.29 is 26.4 Å². The van der Waals surface area contributed by atoms with Gasteiger partial charge in [-0.25, -0.2) is 0 Å². The Hall–Kier alpha value is -0.380. The van der Waals surface area contributed by atoms with Gasteiger partial charge in [-0.2, -0.15) is 25.9 Å². The van der Waals surface area contributed by atoms with E-state index in [-0.39, 0.29) is 13.1 Å². The second-order valence-corrected chi connectivity index (χ2v) is 4.21. The van der Waals surface area contributed by atoms with E-state index in [1.807, 2.05) is 0 Å². The van der Waals surface area contributed by atoms with Crippen molar-refractivity contribution in [3.8, 4) is 0 Å². The molecular formula is C6H13F3N2O3S. The van der Waals surface area contributed by atoms with Crippen LogP contribution in [0, 0.1) is 0 Å². The van der Waals surface area contributed by atoms with E-state index < -0.39 is 23.0 Å². The van der Waals surface area contributed by atoms with E-state index in [0.29, 0.717) is 0 Å². The van der Waals surface area contributed by atoms with Gasteiger partial charge in [-0.1, -0.05) is 18.7 Å². The fraction of sp³-hybridized carbons (Fsp3) is 1.00. The molecule has 0 aliphatic heterocycles. The van der Waals surface area contributed by atoms with Gasteiger partial charge >= 0.3 is 16.4 Å².